The molecule has 0 aliphatic rings. The standard InChI is InChI=1S/C26H25NO7/c1-17(28)19-9-12-24(32-3)20(13-19)15-34-26(30)18-7-10-22(11-8-18)33-16-25(29)27-21-5-4-6-23(14-21)31-2/h4-14H,15-16H2,1-3H3,(H,27,29). The van der Waals surface area contributed by atoms with Gasteiger partial charge in [-0.3, -0.25) is 9.59 Å². The van der Waals surface area contributed by atoms with Crippen molar-refractivity contribution in [3.63, 3.8) is 0 Å². The van der Waals surface area contributed by atoms with Gasteiger partial charge in [0.15, 0.2) is 12.4 Å². The average Bonchev–Trinajstić information content (AvgIpc) is 2.86. The molecular formula is C26H25NO7. The van der Waals surface area contributed by atoms with E-state index in [2.05, 4.69) is 5.32 Å². The highest BCUT2D eigenvalue weighted by Gasteiger charge is 2.12. The maximum absolute atomic E-state index is 12.4. The third-order valence-electron chi connectivity index (χ3n) is 4.86. The molecular weight excluding hydrogens is 438 g/mol. The van der Waals surface area contributed by atoms with Crippen molar-refractivity contribution in [3.05, 3.63) is 83.4 Å². The van der Waals surface area contributed by atoms with Crippen LogP contribution in [-0.4, -0.2) is 38.5 Å². The summed E-state index contributed by atoms with van der Waals surface area (Å²) >= 11 is 0. The predicted octanol–water partition coefficient (Wildman–Crippen LogP) is 4.28. The molecule has 3 rings (SSSR count). The van der Waals surface area contributed by atoms with Gasteiger partial charge in [0.25, 0.3) is 5.91 Å². The van der Waals surface area contributed by atoms with Crippen molar-refractivity contribution >= 4 is 23.3 Å². The monoisotopic (exact) mass is 463 g/mol. The molecule has 0 spiro atoms. The van der Waals surface area contributed by atoms with Crippen molar-refractivity contribution in [1.29, 1.82) is 0 Å². The molecule has 0 radical (unpaired) electrons. The Labute approximate surface area is 197 Å². The zero-order valence-corrected chi connectivity index (χ0v) is 19.1. The molecule has 1 N–H and O–H groups in total. The summed E-state index contributed by atoms with van der Waals surface area (Å²) in [6.07, 6.45) is 0. The number of nitrogens with one attached hydrogen (secondary N) is 1. The molecule has 0 aromatic heterocycles. The maximum Gasteiger partial charge on any atom is 0.338 e. The van der Waals surface area contributed by atoms with Crippen LogP contribution in [0.4, 0.5) is 5.69 Å². The molecule has 0 bridgehead atoms. The summed E-state index contributed by atoms with van der Waals surface area (Å²) < 4.78 is 21.2. The van der Waals surface area contributed by atoms with Crippen molar-refractivity contribution in [1.82, 2.24) is 0 Å². The van der Waals surface area contributed by atoms with E-state index >= 15 is 0 Å². The molecule has 176 valence electrons. The normalized spacial score (nSPS) is 10.2. The molecule has 8 nitrogen and oxygen atoms in total. The highest BCUT2D eigenvalue weighted by Crippen LogP contribution is 2.22. The fourth-order valence-corrected chi connectivity index (χ4v) is 3.07. The summed E-state index contributed by atoms with van der Waals surface area (Å²) in [7, 11) is 3.05. The Morgan fingerprint density at radius 1 is 0.824 bits per heavy atom. The molecule has 0 aliphatic heterocycles. The average molecular weight is 463 g/mol. The lowest BCUT2D eigenvalue weighted by Crippen LogP contribution is -2.20. The van der Waals surface area contributed by atoms with Crippen molar-refractivity contribution in [2.24, 2.45) is 0 Å². The van der Waals surface area contributed by atoms with Gasteiger partial charge in [0.1, 0.15) is 23.9 Å². The molecule has 0 aliphatic carbocycles. The van der Waals surface area contributed by atoms with Crippen LogP contribution < -0.4 is 19.5 Å². The molecule has 0 heterocycles. The molecule has 0 unspecified atom stereocenters. The number of amides is 1. The molecule has 3 aromatic carbocycles. The van der Waals surface area contributed by atoms with Crippen LogP contribution >= 0.6 is 0 Å². The molecule has 3 aromatic rings. The summed E-state index contributed by atoms with van der Waals surface area (Å²) in [4.78, 5) is 36.2. The largest absolute Gasteiger partial charge is 0.497 e. The highest BCUT2D eigenvalue weighted by molar-refractivity contribution is 5.94. The number of rotatable bonds is 10. The van der Waals surface area contributed by atoms with Gasteiger partial charge in [0.05, 0.1) is 19.8 Å². The Bertz CT molecular complexity index is 1170. The number of esters is 1. The van der Waals surface area contributed by atoms with Crippen LogP contribution in [0.15, 0.2) is 66.7 Å². The SMILES string of the molecule is COc1cccc(NC(=O)COc2ccc(C(=O)OCc3cc(C(C)=O)ccc3OC)cc2)c1. The van der Waals surface area contributed by atoms with Crippen LogP contribution in [0.2, 0.25) is 0 Å². The zero-order chi connectivity index (χ0) is 24.5. The fourth-order valence-electron chi connectivity index (χ4n) is 3.07. The van der Waals surface area contributed by atoms with Crippen molar-refractivity contribution in [2.75, 3.05) is 26.1 Å². The molecule has 1 amide bonds. The lowest BCUT2D eigenvalue weighted by atomic mass is 10.1. The van der Waals surface area contributed by atoms with E-state index in [4.69, 9.17) is 18.9 Å². The first-order valence-corrected chi connectivity index (χ1v) is 10.4. The lowest BCUT2D eigenvalue weighted by molar-refractivity contribution is -0.118. The first-order chi connectivity index (χ1) is 16.4. The van der Waals surface area contributed by atoms with Crippen molar-refractivity contribution in [2.45, 2.75) is 13.5 Å². The van der Waals surface area contributed by atoms with E-state index in [9.17, 15) is 14.4 Å². The van der Waals surface area contributed by atoms with E-state index < -0.39 is 5.97 Å². The molecule has 0 fully saturated rings. The van der Waals surface area contributed by atoms with Gasteiger partial charge in [-0.15, -0.1) is 0 Å². The number of ketones is 1. The van der Waals surface area contributed by atoms with Gasteiger partial charge < -0.3 is 24.3 Å². The fraction of sp³-hybridized carbons (Fsp3) is 0.192. The Morgan fingerprint density at radius 2 is 1.56 bits per heavy atom. The minimum absolute atomic E-state index is 0.0498. The van der Waals surface area contributed by atoms with Crippen LogP contribution in [0.5, 0.6) is 17.2 Å². The van der Waals surface area contributed by atoms with Crippen LogP contribution in [0, 0.1) is 0 Å². The van der Waals surface area contributed by atoms with E-state index in [1.807, 2.05) is 0 Å². The summed E-state index contributed by atoms with van der Waals surface area (Å²) in [5, 5.41) is 2.72. The van der Waals surface area contributed by atoms with Crippen LogP contribution in [0.1, 0.15) is 33.2 Å². The number of hydrogen-bond donors (Lipinski definition) is 1. The number of anilines is 1. The number of carbonyl (C=O) groups is 3. The van der Waals surface area contributed by atoms with E-state index in [1.54, 1.807) is 73.8 Å². The van der Waals surface area contributed by atoms with Gasteiger partial charge in [-0.05, 0) is 61.5 Å². The Kier molecular flexibility index (Phi) is 8.23. The van der Waals surface area contributed by atoms with Gasteiger partial charge >= 0.3 is 5.97 Å². The first-order valence-electron chi connectivity index (χ1n) is 10.4. The van der Waals surface area contributed by atoms with E-state index in [0.717, 1.165) is 0 Å². The predicted molar refractivity (Wildman–Crippen MR) is 126 cm³/mol. The first kappa shape index (κ1) is 24.3. The second-order valence-corrected chi connectivity index (χ2v) is 7.25. The molecule has 0 atom stereocenters. The quantitative estimate of drug-likeness (QED) is 0.354. The number of ether oxygens (including phenoxy) is 4. The second-order valence-electron chi connectivity index (χ2n) is 7.25. The molecule has 8 heteroatoms. The zero-order valence-electron chi connectivity index (χ0n) is 19.1. The third kappa shape index (κ3) is 6.59. The summed E-state index contributed by atoms with van der Waals surface area (Å²) in [6.45, 7) is 1.21. The van der Waals surface area contributed by atoms with Gasteiger partial charge in [0, 0.05) is 22.9 Å². The summed E-state index contributed by atoms with van der Waals surface area (Å²) in [5.41, 5.74) is 2.00. The number of carbonyl (C=O) groups excluding carboxylic acids is 3. The highest BCUT2D eigenvalue weighted by atomic mass is 16.5. The number of Topliss-reactive ketones (excluding diaryl/α,β-unsaturated/α-hetero) is 1. The smallest absolute Gasteiger partial charge is 0.338 e. The Balaban J connectivity index is 1.53. The number of benzene rings is 3. The third-order valence-corrected chi connectivity index (χ3v) is 4.86. The minimum Gasteiger partial charge on any atom is -0.497 e. The van der Waals surface area contributed by atoms with Crippen molar-refractivity contribution in [3.8, 4) is 17.2 Å². The van der Waals surface area contributed by atoms with Gasteiger partial charge in [0.2, 0.25) is 0 Å². The minimum atomic E-state index is -0.544. The number of hydrogen-bond acceptors (Lipinski definition) is 7. The van der Waals surface area contributed by atoms with E-state index in [-0.39, 0.29) is 24.9 Å². The van der Waals surface area contributed by atoms with Crippen molar-refractivity contribution < 1.29 is 33.3 Å². The molecule has 0 saturated carbocycles. The van der Waals surface area contributed by atoms with Crippen LogP contribution in [0.25, 0.3) is 0 Å². The lowest BCUT2D eigenvalue weighted by Gasteiger charge is -2.11. The number of methoxy groups -OCH3 is 2. The summed E-state index contributed by atoms with van der Waals surface area (Å²) in [6, 6.07) is 18.2. The Hall–Kier alpha value is -4.33. The van der Waals surface area contributed by atoms with Gasteiger partial charge in [-0.25, -0.2) is 4.79 Å². The van der Waals surface area contributed by atoms with Gasteiger partial charge in [-0.1, -0.05) is 6.07 Å². The summed E-state index contributed by atoms with van der Waals surface area (Å²) in [5.74, 6) is 0.604. The van der Waals surface area contributed by atoms with E-state index in [1.165, 1.54) is 14.0 Å². The second kappa shape index (κ2) is 11.5. The Morgan fingerprint density at radius 3 is 2.24 bits per heavy atom. The van der Waals surface area contributed by atoms with Crippen LogP contribution in [-0.2, 0) is 16.1 Å². The van der Waals surface area contributed by atoms with E-state index in [0.29, 0.717) is 39.6 Å². The maximum atomic E-state index is 12.4. The topological polar surface area (TPSA) is 100 Å². The molecule has 0 saturated heterocycles. The van der Waals surface area contributed by atoms with Gasteiger partial charge in [-0.2, -0.15) is 0 Å². The van der Waals surface area contributed by atoms with Crippen LogP contribution in [0.3, 0.4) is 0 Å². The molecule has 34 heavy (non-hydrogen) atoms.